The molecule has 3 heteroatoms. The van der Waals surface area contributed by atoms with Gasteiger partial charge in [-0.2, -0.15) is 0 Å². The molecule has 10 rings (SSSR count). The lowest BCUT2D eigenvalue weighted by molar-refractivity contribution is 0.623. The highest BCUT2D eigenvalue weighted by molar-refractivity contribution is 6.22. The van der Waals surface area contributed by atoms with E-state index in [2.05, 4.69) is 181 Å². The van der Waals surface area contributed by atoms with Gasteiger partial charge < -0.3 is 9.32 Å². The fourth-order valence-corrected chi connectivity index (χ4v) is 7.63. The van der Waals surface area contributed by atoms with Crippen molar-refractivity contribution < 1.29 is 4.42 Å². The summed E-state index contributed by atoms with van der Waals surface area (Å²) in [6.45, 7) is 0. The van der Waals surface area contributed by atoms with E-state index in [9.17, 15) is 0 Å². The lowest BCUT2D eigenvalue weighted by atomic mass is 9.91. The largest absolute Gasteiger partial charge is 0.435 e. The number of hydrogen-bond acceptors (Lipinski definition) is 3. The third kappa shape index (κ3) is 5.69. The molecule has 54 heavy (non-hydrogen) atoms. The summed E-state index contributed by atoms with van der Waals surface area (Å²) >= 11 is 0. The number of oxazole rings is 1. The van der Waals surface area contributed by atoms with Gasteiger partial charge in [0.1, 0.15) is 5.52 Å². The Morgan fingerprint density at radius 2 is 0.870 bits per heavy atom. The Bertz CT molecular complexity index is 2880. The van der Waals surface area contributed by atoms with Gasteiger partial charge in [-0.3, -0.25) is 0 Å². The fourth-order valence-electron chi connectivity index (χ4n) is 7.63. The molecule has 254 valence electrons. The second-order valence-electron chi connectivity index (χ2n) is 13.6. The van der Waals surface area contributed by atoms with Gasteiger partial charge >= 0.3 is 0 Å². The van der Waals surface area contributed by atoms with Gasteiger partial charge in [-0.25, -0.2) is 4.98 Å². The van der Waals surface area contributed by atoms with Crippen molar-refractivity contribution >= 4 is 49.7 Å². The average molecular weight is 691 g/mol. The van der Waals surface area contributed by atoms with E-state index in [4.69, 9.17) is 9.40 Å². The second kappa shape index (κ2) is 13.4. The van der Waals surface area contributed by atoms with Crippen LogP contribution in [0.1, 0.15) is 0 Å². The first-order valence-corrected chi connectivity index (χ1v) is 18.3. The molecule has 9 aromatic carbocycles. The van der Waals surface area contributed by atoms with E-state index in [0.29, 0.717) is 5.89 Å². The number of fused-ring (bicyclic) bond motifs is 5. The van der Waals surface area contributed by atoms with Crippen molar-refractivity contribution in [2.45, 2.75) is 0 Å². The van der Waals surface area contributed by atoms with Crippen LogP contribution >= 0.6 is 0 Å². The number of anilines is 3. The second-order valence-corrected chi connectivity index (χ2v) is 13.6. The molecule has 3 nitrogen and oxygen atoms in total. The molecule has 10 aromatic rings. The van der Waals surface area contributed by atoms with Crippen LogP contribution in [-0.2, 0) is 0 Å². The molecule has 0 atom stereocenters. The maximum atomic E-state index is 6.61. The predicted molar refractivity (Wildman–Crippen MR) is 225 cm³/mol. The Balaban J connectivity index is 1.10. The zero-order valence-corrected chi connectivity index (χ0v) is 29.4. The van der Waals surface area contributed by atoms with Crippen LogP contribution < -0.4 is 4.90 Å². The first-order valence-electron chi connectivity index (χ1n) is 18.3. The van der Waals surface area contributed by atoms with E-state index < -0.39 is 0 Å². The minimum Gasteiger partial charge on any atom is -0.435 e. The molecule has 0 radical (unpaired) electrons. The number of benzene rings is 9. The van der Waals surface area contributed by atoms with Gasteiger partial charge in [0.25, 0.3) is 0 Å². The van der Waals surface area contributed by atoms with Crippen LogP contribution in [0, 0.1) is 0 Å². The molecule has 0 fully saturated rings. The highest BCUT2D eigenvalue weighted by Crippen LogP contribution is 2.42. The summed E-state index contributed by atoms with van der Waals surface area (Å²) in [6.07, 6.45) is 0. The highest BCUT2D eigenvalue weighted by Gasteiger charge is 2.18. The van der Waals surface area contributed by atoms with Crippen LogP contribution in [-0.4, -0.2) is 4.98 Å². The van der Waals surface area contributed by atoms with E-state index in [0.717, 1.165) is 61.0 Å². The standard InChI is InChI=1S/C51H34N2O/c1-5-13-35(14-6-1)36-21-27-43(28-22-36)53(42-19-11-4-12-20-42)44-29-23-37(24-30-44)40-25-31-45-46(38-15-7-2-8-16-38)34-41-26-32-48-50(49(41)47(45)33-40)54-51(52-48)39-17-9-3-10-18-39/h1-34H. The molecule has 0 saturated heterocycles. The molecule has 0 saturated carbocycles. The summed E-state index contributed by atoms with van der Waals surface area (Å²) in [4.78, 5) is 7.24. The van der Waals surface area contributed by atoms with Gasteiger partial charge in [0.15, 0.2) is 5.58 Å². The Kier molecular flexibility index (Phi) is 7.81. The van der Waals surface area contributed by atoms with Crippen molar-refractivity contribution in [3.63, 3.8) is 0 Å². The predicted octanol–water partition coefficient (Wildman–Crippen LogP) is 14.3. The van der Waals surface area contributed by atoms with E-state index in [1.165, 1.54) is 27.6 Å². The number of para-hydroxylation sites is 1. The smallest absolute Gasteiger partial charge is 0.227 e. The topological polar surface area (TPSA) is 29.3 Å². The molecule has 0 amide bonds. The van der Waals surface area contributed by atoms with Crippen LogP contribution in [0.3, 0.4) is 0 Å². The van der Waals surface area contributed by atoms with Crippen molar-refractivity contribution in [3.05, 3.63) is 206 Å². The molecule has 0 unspecified atom stereocenters. The number of aromatic nitrogens is 1. The normalized spacial score (nSPS) is 11.3. The van der Waals surface area contributed by atoms with Gasteiger partial charge in [-0.15, -0.1) is 0 Å². The van der Waals surface area contributed by atoms with Crippen LogP contribution in [0.2, 0.25) is 0 Å². The van der Waals surface area contributed by atoms with Gasteiger partial charge in [0.05, 0.1) is 0 Å². The monoisotopic (exact) mass is 690 g/mol. The van der Waals surface area contributed by atoms with Crippen LogP contribution in [0.25, 0.3) is 77.5 Å². The summed E-state index contributed by atoms with van der Waals surface area (Å²) in [7, 11) is 0. The third-order valence-corrected chi connectivity index (χ3v) is 10.3. The molecular weight excluding hydrogens is 657 g/mol. The quantitative estimate of drug-likeness (QED) is 0.156. The molecule has 1 aromatic heterocycles. The molecular formula is C51H34N2O. The maximum absolute atomic E-state index is 6.61. The van der Waals surface area contributed by atoms with Crippen LogP contribution in [0.5, 0.6) is 0 Å². The first kappa shape index (κ1) is 31.5. The van der Waals surface area contributed by atoms with E-state index >= 15 is 0 Å². The lowest BCUT2D eigenvalue weighted by Gasteiger charge is -2.26. The summed E-state index contributed by atoms with van der Waals surface area (Å²) in [5.74, 6) is 0.628. The van der Waals surface area contributed by atoms with Crippen LogP contribution in [0.4, 0.5) is 17.1 Å². The van der Waals surface area contributed by atoms with Crippen molar-refractivity contribution in [1.82, 2.24) is 4.98 Å². The first-order chi connectivity index (χ1) is 26.8. The zero-order chi connectivity index (χ0) is 35.8. The Morgan fingerprint density at radius 3 is 1.50 bits per heavy atom. The molecule has 0 N–H and O–H groups in total. The Hall–Kier alpha value is -7.23. The SMILES string of the molecule is c1ccc(-c2ccc(N(c3ccccc3)c3ccc(-c4ccc5c(-c6ccccc6)cc6ccc7nc(-c8ccccc8)oc7c6c5c4)cc3)cc2)cc1. The zero-order valence-electron chi connectivity index (χ0n) is 29.4. The molecule has 0 aliphatic carbocycles. The summed E-state index contributed by atoms with van der Waals surface area (Å²) in [6, 6.07) is 72.9. The number of rotatable bonds is 7. The highest BCUT2D eigenvalue weighted by atomic mass is 16.3. The van der Waals surface area contributed by atoms with Gasteiger partial charge in [-0.05, 0) is 116 Å². The van der Waals surface area contributed by atoms with E-state index in [1.807, 2.05) is 30.3 Å². The molecule has 0 aliphatic heterocycles. The third-order valence-electron chi connectivity index (χ3n) is 10.3. The number of nitrogens with zero attached hydrogens (tertiary/aromatic N) is 2. The van der Waals surface area contributed by atoms with E-state index in [-0.39, 0.29) is 0 Å². The average Bonchev–Trinajstić information content (AvgIpc) is 3.70. The van der Waals surface area contributed by atoms with Gasteiger partial charge in [0.2, 0.25) is 5.89 Å². The van der Waals surface area contributed by atoms with Crippen molar-refractivity contribution in [1.29, 1.82) is 0 Å². The lowest BCUT2D eigenvalue weighted by Crippen LogP contribution is -2.09. The Morgan fingerprint density at radius 1 is 0.370 bits per heavy atom. The maximum Gasteiger partial charge on any atom is 0.227 e. The van der Waals surface area contributed by atoms with Crippen molar-refractivity contribution in [2.75, 3.05) is 4.90 Å². The van der Waals surface area contributed by atoms with E-state index in [1.54, 1.807) is 0 Å². The van der Waals surface area contributed by atoms with Crippen LogP contribution in [0.15, 0.2) is 211 Å². The Labute approximate surface area is 314 Å². The number of hydrogen-bond donors (Lipinski definition) is 0. The van der Waals surface area contributed by atoms with Crippen molar-refractivity contribution in [3.8, 4) is 44.8 Å². The molecule has 0 bridgehead atoms. The minimum absolute atomic E-state index is 0.628. The molecule has 0 spiro atoms. The van der Waals surface area contributed by atoms with Gasteiger partial charge in [-0.1, -0.05) is 140 Å². The molecule has 1 heterocycles. The summed E-state index contributed by atoms with van der Waals surface area (Å²) in [5.41, 5.74) is 13.0. The molecule has 0 aliphatic rings. The minimum atomic E-state index is 0.628. The summed E-state index contributed by atoms with van der Waals surface area (Å²) < 4.78 is 6.61. The fraction of sp³-hybridized carbons (Fsp3) is 0. The van der Waals surface area contributed by atoms with Crippen molar-refractivity contribution in [2.24, 2.45) is 0 Å². The van der Waals surface area contributed by atoms with Gasteiger partial charge in [0, 0.05) is 28.0 Å². The summed E-state index contributed by atoms with van der Waals surface area (Å²) in [5, 5.41) is 4.51.